The number of fused-ring (bicyclic) bond motifs is 9. The highest BCUT2D eigenvalue weighted by molar-refractivity contribution is 6.32. The molecule has 0 saturated carbocycles. The van der Waals surface area contributed by atoms with Crippen molar-refractivity contribution in [3.63, 3.8) is 0 Å². The summed E-state index contributed by atoms with van der Waals surface area (Å²) < 4.78 is 25.2. The Bertz CT molecular complexity index is 3390. The molecule has 0 aromatic heterocycles. The molecule has 1 saturated heterocycles. The highest BCUT2D eigenvalue weighted by Crippen LogP contribution is 2.48. The fraction of sp³-hybridized carbons (Fsp3) is 0.373. The van der Waals surface area contributed by atoms with Gasteiger partial charge < -0.3 is 92.7 Å². The number of halogens is 2. The molecule has 4 bridgehead atoms. The summed E-state index contributed by atoms with van der Waals surface area (Å²) in [5.74, 6) is -10.3. The average molecular weight is 1230 g/mol. The van der Waals surface area contributed by atoms with Gasteiger partial charge in [-0.2, -0.15) is 0 Å². The van der Waals surface area contributed by atoms with E-state index in [1.807, 2.05) is 20.8 Å². The van der Waals surface area contributed by atoms with E-state index in [1.165, 1.54) is 61.6 Å². The van der Waals surface area contributed by atoms with Crippen LogP contribution in [0.5, 0.6) is 46.0 Å². The number of amides is 6. The molecule has 0 spiro atoms. The molecule has 0 aliphatic carbocycles. The Kier molecular flexibility index (Phi) is 21.7. The molecule has 5 aromatic carbocycles. The number of carbonyl (C=O) groups is 7. The summed E-state index contributed by atoms with van der Waals surface area (Å²) in [5.41, 5.74) is 12.2. The van der Waals surface area contributed by atoms with Crippen LogP contribution in [0, 0.1) is 5.92 Å². The molecular weight excluding hydrogens is 1170 g/mol. The third kappa shape index (κ3) is 16.1. The van der Waals surface area contributed by atoms with E-state index >= 15 is 0 Å². The van der Waals surface area contributed by atoms with Crippen LogP contribution in [0.25, 0.3) is 11.1 Å². The van der Waals surface area contributed by atoms with Crippen molar-refractivity contribution in [1.82, 2.24) is 26.6 Å². The summed E-state index contributed by atoms with van der Waals surface area (Å²) in [5, 5.41) is 87.7. The maximum absolute atomic E-state index is 14.3. The SMILES string of the molecule is CCc1ccc(O)c(-c2c(O)cc(O)cc2[C@H](NC(=O)CCc2ccc(Oc3cc4cc(c3O[C@H]3C[C@@H](O)C[C@@H](CO)O3)Oc3ccc(cc3Cl)[C@@H](O)[C@@H](NC(=O)[C@@H](CC(C)C)NC)C(=O)N[C@@H](CC(N)=O)C(=O)N[C@H]4C(N)=O)c(Cl)c2)C(=O)O)c1. The first-order valence-corrected chi connectivity index (χ1v) is 28.0. The second-order valence-corrected chi connectivity index (χ2v) is 21.9. The molecule has 8 rings (SSSR count). The van der Waals surface area contributed by atoms with Gasteiger partial charge in [0, 0.05) is 42.0 Å². The van der Waals surface area contributed by atoms with Gasteiger partial charge in [-0.3, -0.25) is 28.8 Å². The van der Waals surface area contributed by atoms with Crippen LogP contribution in [0.1, 0.15) is 98.9 Å². The van der Waals surface area contributed by atoms with Crippen molar-refractivity contribution in [2.24, 2.45) is 17.4 Å². The minimum Gasteiger partial charge on any atom is -0.508 e. The quantitative estimate of drug-likeness (QED) is 0.0489. The number of aliphatic hydroxyl groups is 3. The molecule has 460 valence electrons. The zero-order valence-electron chi connectivity index (χ0n) is 47.0. The molecule has 27 heteroatoms. The largest absolute Gasteiger partial charge is 0.508 e. The molecule has 3 heterocycles. The number of aliphatic carboxylic acids is 1. The smallest absolute Gasteiger partial charge is 0.330 e. The molecule has 86 heavy (non-hydrogen) atoms. The molecule has 1 fully saturated rings. The number of likely N-dealkylation sites (N-methyl/N-ethyl adjacent to an activating group) is 1. The van der Waals surface area contributed by atoms with Crippen LogP contribution in [0.15, 0.2) is 78.9 Å². The zero-order valence-corrected chi connectivity index (χ0v) is 48.5. The first kappa shape index (κ1) is 65.1. The number of carbonyl (C=O) groups excluding carboxylic acids is 6. The van der Waals surface area contributed by atoms with Crippen molar-refractivity contribution in [1.29, 1.82) is 0 Å². The number of nitrogens with two attached hydrogens (primary N) is 2. The molecular formula is C59H67Cl2N7O18. The van der Waals surface area contributed by atoms with Crippen molar-refractivity contribution in [2.75, 3.05) is 13.7 Å². The normalized spacial score (nSPS) is 20.4. The lowest BCUT2D eigenvalue weighted by Gasteiger charge is -2.33. The van der Waals surface area contributed by atoms with Crippen molar-refractivity contribution in [2.45, 2.75) is 121 Å². The van der Waals surface area contributed by atoms with Gasteiger partial charge in [0.15, 0.2) is 17.5 Å². The van der Waals surface area contributed by atoms with Gasteiger partial charge in [0.25, 0.3) is 0 Å². The summed E-state index contributed by atoms with van der Waals surface area (Å²) >= 11 is 13.8. The van der Waals surface area contributed by atoms with Gasteiger partial charge in [-0.05, 0) is 109 Å². The number of hydrogen-bond acceptors (Lipinski definition) is 18. The van der Waals surface area contributed by atoms with E-state index in [0.29, 0.717) is 18.4 Å². The molecule has 0 unspecified atom stereocenters. The van der Waals surface area contributed by atoms with Crippen molar-refractivity contribution < 1.29 is 88.3 Å². The number of aliphatic hydroxyl groups excluding tert-OH is 3. The lowest BCUT2D eigenvalue weighted by Crippen LogP contribution is -2.58. The third-order valence-electron chi connectivity index (χ3n) is 14.2. The number of primary amides is 2. The maximum atomic E-state index is 14.3. The number of phenolic OH excluding ortho intramolecular Hbond substituents is 3. The number of nitrogens with one attached hydrogen (secondary N) is 5. The predicted octanol–water partition coefficient (Wildman–Crippen LogP) is 4.20. The molecule has 6 amide bonds. The highest BCUT2D eigenvalue weighted by Gasteiger charge is 2.38. The number of carboxylic acid groups (broad SMARTS) is 1. The predicted molar refractivity (Wildman–Crippen MR) is 309 cm³/mol. The van der Waals surface area contributed by atoms with E-state index in [4.69, 9.17) is 53.6 Å². The Morgan fingerprint density at radius 3 is 2.20 bits per heavy atom. The number of aryl methyl sites for hydroxylation is 2. The Morgan fingerprint density at radius 1 is 0.826 bits per heavy atom. The van der Waals surface area contributed by atoms with Crippen molar-refractivity contribution in [3.05, 3.63) is 117 Å². The van der Waals surface area contributed by atoms with E-state index in [0.717, 1.165) is 17.7 Å². The van der Waals surface area contributed by atoms with Crippen LogP contribution in [-0.4, -0.2) is 127 Å². The maximum Gasteiger partial charge on any atom is 0.330 e. The Balaban J connectivity index is 1.27. The average Bonchev–Trinajstić information content (AvgIpc) is 0.945. The van der Waals surface area contributed by atoms with Gasteiger partial charge in [0.2, 0.25) is 47.5 Å². The standard InChI is InChI=1S/C59H67Cl2N7O18/c1-5-27-6-10-40(72)34(15-27)49-35(21-32(71)22-41(49)73)51(59(81)82)66-47(75)13-8-28-7-11-42(36(60)16-28)84-44-18-30-19-45(54(44)86-48-23-31(70)20-33(25-69)83-48)85-43-12-9-29(17-37(43)61)53(76)52(68-56(78)38(64-4)14-26(2)3)58(80)65-39(24-46(62)74)57(79)67-50(30)55(63)77/h6-7,9-12,15-19,21-22,26,31,33,38-39,48,50-53,64,69-73,76H,5,8,13-14,20,23-25H2,1-4H3,(H2,62,74)(H2,63,77)(H,65,80)(H,66,75)(H,67,79)(H,68,78)(H,81,82)/t31-,33-,38+,39-,48-,50+,51-,52+,53+/m0/s1. The second-order valence-electron chi connectivity index (χ2n) is 21.1. The number of ether oxygens (including phenoxy) is 4. The fourth-order valence-electron chi connectivity index (χ4n) is 9.82. The zero-order chi connectivity index (χ0) is 62.8. The number of benzene rings is 5. The summed E-state index contributed by atoms with van der Waals surface area (Å²) in [7, 11) is 1.53. The molecule has 9 atom stereocenters. The van der Waals surface area contributed by atoms with Crippen LogP contribution in [-0.2, 0) is 51.1 Å². The van der Waals surface area contributed by atoms with Crippen LogP contribution in [0.3, 0.4) is 0 Å². The first-order valence-electron chi connectivity index (χ1n) is 27.2. The topological polar surface area (TPSA) is 410 Å². The van der Waals surface area contributed by atoms with Gasteiger partial charge in [-0.1, -0.05) is 62.2 Å². The van der Waals surface area contributed by atoms with E-state index in [9.17, 15) is 69.3 Å². The summed E-state index contributed by atoms with van der Waals surface area (Å²) in [6.07, 6.45) is -5.70. The van der Waals surface area contributed by atoms with E-state index < -0.39 is 121 Å². The molecule has 16 N–H and O–H groups in total. The molecule has 25 nitrogen and oxygen atoms in total. The molecule has 5 aromatic rings. The number of hydrogen-bond donors (Lipinski definition) is 14. The lowest BCUT2D eigenvalue weighted by atomic mass is 9.91. The summed E-state index contributed by atoms with van der Waals surface area (Å²) in [4.78, 5) is 94.7. The van der Waals surface area contributed by atoms with Crippen LogP contribution in [0.2, 0.25) is 10.0 Å². The minimum atomic E-state index is -1.88. The fourth-order valence-corrected chi connectivity index (χ4v) is 10.3. The lowest BCUT2D eigenvalue weighted by molar-refractivity contribution is -0.185. The summed E-state index contributed by atoms with van der Waals surface area (Å²) in [6, 6.07) is 8.90. The molecule has 0 radical (unpaired) electrons. The minimum absolute atomic E-state index is 0.00508. The van der Waals surface area contributed by atoms with E-state index in [1.54, 1.807) is 12.1 Å². The second kappa shape index (κ2) is 28.6. The third-order valence-corrected chi connectivity index (χ3v) is 14.8. The van der Waals surface area contributed by atoms with Crippen LogP contribution >= 0.6 is 23.2 Å². The number of phenols is 3. The highest BCUT2D eigenvalue weighted by atomic mass is 35.5. The number of rotatable bonds is 21. The Hall–Kier alpha value is -8.43. The Labute approximate surface area is 502 Å². The van der Waals surface area contributed by atoms with Crippen molar-refractivity contribution >= 4 is 64.6 Å². The van der Waals surface area contributed by atoms with E-state index in [2.05, 4.69) is 26.6 Å². The van der Waals surface area contributed by atoms with Crippen LogP contribution < -0.4 is 52.3 Å². The van der Waals surface area contributed by atoms with Gasteiger partial charge in [-0.25, -0.2) is 4.79 Å². The van der Waals surface area contributed by atoms with Gasteiger partial charge in [0.05, 0.1) is 41.3 Å². The van der Waals surface area contributed by atoms with E-state index in [-0.39, 0.29) is 104 Å². The Morgan fingerprint density at radius 2 is 1.56 bits per heavy atom. The van der Waals surface area contributed by atoms with Gasteiger partial charge in [0.1, 0.15) is 53.0 Å². The monoisotopic (exact) mass is 1230 g/mol. The number of carboxylic acids is 1. The molecule has 3 aliphatic heterocycles. The number of aromatic hydroxyl groups is 3. The molecule has 3 aliphatic rings. The van der Waals surface area contributed by atoms with Crippen molar-refractivity contribution in [3.8, 4) is 57.1 Å². The van der Waals surface area contributed by atoms with Gasteiger partial charge >= 0.3 is 5.97 Å². The first-order chi connectivity index (χ1) is 40.8. The van der Waals surface area contributed by atoms with Crippen LogP contribution in [0.4, 0.5) is 0 Å². The summed E-state index contributed by atoms with van der Waals surface area (Å²) in [6.45, 7) is 5.07. The van der Waals surface area contributed by atoms with Gasteiger partial charge in [-0.15, -0.1) is 0 Å².